The Morgan fingerprint density at radius 1 is 1.25 bits per heavy atom. The van der Waals surface area contributed by atoms with Crippen LogP contribution in [-0.4, -0.2) is 50.7 Å². The maximum atomic E-state index is 8.95. The largest absolute Gasteiger partial charge is 0.396 e. The van der Waals surface area contributed by atoms with Crippen molar-refractivity contribution in [3.8, 4) is 0 Å². The van der Waals surface area contributed by atoms with E-state index in [0.29, 0.717) is 6.61 Å². The van der Waals surface area contributed by atoms with E-state index in [0.717, 1.165) is 39.0 Å². The SMILES string of the molecule is CCC(C)(CCO)NCCOCCCOC. The predicted octanol–water partition coefficient (Wildman–Crippen LogP) is 1.18. The molecule has 0 spiro atoms. The van der Waals surface area contributed by atoms with Crippen molar-refractivity contribution >= 4 is 0 Å². The molecular weight excluding hydrogens is 206 g/mol. The van der Waals surface area contributed by atoms with Gasteiger partial charge in [-0.15, -0.1) is 0 Å². The van der Waals surface area contributed by atoms with Gasteiger partial charge in [-0.1, -0.05) is 6.92 Å². The Hall–Kier alpha value is -0.160. The van der Waals surface area contributed by atoms with E-state index >= 15 is 0 Å². The summed E-state index contributed by atoms with van der Waals surface area (Å²) in [5.41, 5.74) is 0.0324. The second-order valence-electron chi connectivity index (χ2n) is 4.27. The zero-order valence-electron chi connectivity index (χ0n) is 10.9. The van der Waals surface area contributed by atoms with Gasteiger partial charge in [0, 0.05) is 39.0 Å². The Kier molecular flexibility index (Phi) is 9.92. The number of aliphatic hydroxyl groups excluding tert-OH is 1. The molecule has 0 amide bonds. The molecule has 0 aromatic carbocycles. The van der Waals surface area contributed by atoms with Crippen LogP contribution in [0.25, 0.3) is 0 Å². The molecule has 1 unspecified atom stereocenters. The average Bonchev–Trinajstić information content (AvgIpc) is 2.28. The van der Waals surface area contributed by atoms with Crippen molar-refractivity contribution in [1.29, 1.82) is 0 Å². The van der Waals surface area contributed by atoms with Crippen molar-refractivity contribution < 1.29 is 14.6 Å². The van der Waals surface area contributed by atoms with Crippen LogP contribution in [0.1, 0.15) is 33.1 Å². The molecule has 0 aliphatic carbocycles. The Labute approximate surface area is 99.3 Å². The van der Waals surface area contributed by atoms with Crippen LogP contribution >= 0.6 is 0 Å². The zero-order chi connectivity index (χ0) is 12.3. The van der Waals surface area contributed by atoms with Crippen molar-refractivity contribution in [3.05, 3.63) is 0 Å². The molecule has 0 heterocycles. The summed E-state index contributed by atoms with van der Waals surface area (Å²) in [4.78, 5) is 0. The van der Waals surface area contributed by atoms with E-state index in [4.69, 9.17) is 14.6 Å². The van der Waals surface area contributed by atoms with Gasteiger partial charge >= 0.3 is 0 Å². The number of methoxy groups -OCH3 is 1. The summed E-state index contributed by atoms with van der Waals surface area (Å²) in [6.45, 7) is 7.54. The maximum absolute atomic E-state index is 8.95. The topological polar surface area (TPSA) is 50.7 Å². The number of hydrogen-bond acceptors (Lipinski definition) is 4. The molecule has 4 nitrogen and oxygen atoms in total. The summed E-state index contributed by atoms with van der Waals surface area (Å²) in [7, 11) is 1.70. The summed E-state index contributed by atoms with van der Waals surface area (Å²) >= 11 is 0. The Morgan fingerprint density at radius 3 is 2.56 bits per heavy atom. The number of ether oxygens (including phenoxy) is 2. The highest BCUT2D eigenvalue weighted by molar-refractivity contribution is 4.80. The number of aliphatic hydroxyl groups is 1. The third-order valence-corrected chi connectivity index (χ3v) is 2.88. The molecule has 16 heavy (non-hydrogen) atoms. The van der Waals surface area contributed by atoms with Gasteiger partial charge in [-0.05, 0) is 26.2 Å². The minimum atomic E-state index is 0.0324. The van der Waals surface area contributed by atoms with Crippen molar-refractivity contribution in [2.75, 3.05) is 40.1 Å². The van der Waals surface area contributed by atoms with E-state index in [1.165, 1.54) is 0 Å². The monoisotopic (exact) mass is 233 g/mol. The normalized spacial score (nSPS) is 15.0. The molecule has 0 rings (SSSR count). The lowest BCUT2D eigenvalue weighted by Crippen LogP contribution is -2.44. The molecule has 0 fully saturated rings. The van der Waals surface area contributed by atoms with Gasteiger partial charge in [0.25, 0.3) is 0 Å². The summed E-state index contributed by atoms with van der Waals surface area (Å²) in [6, 6.07) is 0. The molecule has 0 aliphatic rings. The molecule has 98 valence electrons. The van der Waals surface area contributed by atoms with E-state index < -0.39 is 0 Å². The first-order valence-electron chi connectivity index (χ1n) is 6.11. The lowest BCUT2D eigenvalue weighted by molar-refractivity contribution is 0.0978. The van der Waals surface area contributed by atoms with Crippen LogP contribution in [0.2, 0.25) is 0 Å². The third-order valence-electron chi connectivity index (χ3n) is 2.88. The summed E-state index contributed by atoms with van der Waals surface area (Å²) in [5, 5.41) is 12.4. The molecule has 0 bridgehead atoms. The highest BCUT2D eigenvalue weighted by atomic mass is 16.5. The minimum Gasteiger partial charge on any atom is -0.396 e. The van der Waals surface area contributed by atoms with E-state index in [-0.39, 0.29) is 12.1 Å². The number of hydrogen-bond donors (Lipinski definition) is 2. The Bertz CT molecular complexity index is 155. The first-order valence-corrected chi connectivity index (χ1v) is 6.11. The molecule has 0 aromatic rings. The van der Waals surface area contributed by atoms with Crippen LogP contribution in [-0.2, 0) is 9.47 Å². The van der Waals surface area contributed by atoms with Crippen LogP contribution in [0.3, 0.4) is 0 Å². The fourth-order valence-corrected chi connectivity index (χ4v) is 1.47. The lowest BCUT2D eigenvalue weighted by atomic mass is 9.95. The van der Waals surface area contributed by atoms with Crippen LogP contribution in [0.5, 0.6) is 0 Å². The van der Waals surface area contributed by atoms with Gasteiger partial charge in [0.05, 0.1) is 6.61 Å². The molecule has 4 heteroatoms. The van der Waals surface area contributed by atoms with E-state index in [2.05, 4.69) is 19.2 Å². The molecular formula is C12H27NO3. The fraction of sp³-hybridized carbons (Fsp3) is 1.00. The zero-order valence-corrected chi connectivity index (χ0v) is 10.9. The van der Waals surface area contributed by atoms with Gasteiger partial charge in [-0.2, -0.15) is 0 Å². The fourth-order valence-electron chi connectivity index (χ4n) is 1.47. The smallest absolute Gasteiger partial charge is 0.0591 e. The van der Waals surface area contributed by atoms with Gasteiger partial charge < -0.3 is 19.9 Å². The van der Waals surface area contributed by atoms with Crippen LogP contribution < -0.4 is 5.32 Å². The van der Waals surface area contributed by atoms with E-state index in [1.807, 2.05) is 0 Å². The van der Waals surface area contributed by atoms with Crippen molar-refractivity contribution in [1.82, 2.24) is 5.32 Å². The second kappa shape index (κ2) is 10.0. The van der Waals surface area contributed by atoms with E-state index in [9.17, 15) is 0 Å². The molecule has 0 aromatic heterocycles. The molecule has 1 atom stereocenters. The lowest BCUT2D eigenvalue weighted by Gasteiger charge is -2.29. The van der Waals surface area contributed by atoms with E-state index in [1.54, 1.807) is 7.11 Å². The van der Waals surface area contributed by atoms with Gasteiger partial charge in [-0.25, -0.2) is 0 Å². The average molecular weight is 233 g/mol. The standard InChI is InChI=1S/C12H27NO3/c1-4-12(2,6-8-14)13-7-11-16-10-5-9-15-3/h13-14H,4-11H2,1-3H3. The van der Waals surface area contributed by atoms with Gasteiger partial charge in [-0.3, -0.25) is 0 Å². The van der Waals surface area contributed by atoms with Crippen molar-refractivity contribution in [2.45, 2.75) is 38.6 Å². The second-order valence-corrected chi connectivity index (χ2v) is 4.27. The van der Waals surface area contributed by atoms with Gasteiger partial charge in [0.1, 0.15) is 0 Å². The van der Waals surface area contributed by atoms with Crippen LogP contribution in [0, 0.1) is 0 Å². The first kappa shape index (κ1) is 15.8. The molecule has 0 saturated carbocycles. The quantitative estimate of drug-likeness (QED) is 0.526. The Morgan fingerprint density at radius 2 is 2.00 bits per heavy atom. The van der Waals surface area contributed by atoms with Gasteiger partial charge in [0.2, 0.25) is 0 Å². The van der Waals surface area contributed by atoms with Gasteiger partial charge in [0.15, 0.2) is 0 Å². The number of rotatable bonds is 11. The molecule has 0 radical (unpaired) electrons. The first-order chi connectivity index (χ1) is 7.68. The maximum Gasteiger partial charge on any atom is 0.0591 e. The summed E-state index contributed by atoms with van der Waals surface area (Å²) < 4.78 is 10.4. The summed E-state index contributed by atoms with van der Waals surface area (Å²) in [6.07, 6.45) is 2.74. The predicted molar refractivity (Wildman–Crippen MR) is 65.7 cm³/mol. The van der Waals surface area contributed by atoms with Crippen LogP contribution in [0.15, 0.2) is 0 Å². The molecule has 2 N–H and O–H groups in total. The Balaban J connectivity index is 3.41. The third kappa shape index (κ3) is 8.05. The highest BCUT2D eigenvalue weighted by Gasteiger charge is 2.19. The highest BCUT2D eigenvalue weighted by Crippen LogP contribution is 2.12. The minimum absolute atomic E-state index is 0.0324. The number of nitrogens with one attached hydrogen (secondary N) is 1. The van der Waals surface area contributed by atoms with Crippen molar-refractivity contribution in [2.24, 2.45) is 0 Å². The molecule has 0 saturated heterocycles. The van der Waals surface area contributed by atoms with Crippen LogP contribution in [0.4, 0.5) is 0 Å². The summed E-state index contributed by atoms with van der Waals surface area (Å²) in [5.74, 6) is 0. The molecule has 0 aliphatic heterocycles. The van der Waals surface area contributed by atoms with Crippen molar-refractivity contribution in [3.63, 3.8) is 0 Å².